The molecule has 2 aromatic heterocycles. The van der Waals surface area contributed by atoms with Gasteiger partial charge in [0.1, 0.15) is 5.82 Å². The van der Waals surface area contributed by atoms with Gasteiger partial charge in [-0.15, -0.1) is 0 Å². The van der Waals surface area contributed by atoms with E-state index in [4.69, 9.17) is 4.98 Å². The fourth-order valence-electron chi connectivity index (χ4n) is 2.85. The van der Waals surface area contributed by atoms with E-state index in [0.717, 1.165) is 36.8 Å². The fraction of sp³-hybridized carbons (Fsp3) is 0.389. The van der Waals surface area contributed by atoms with Gasteiger partial charge in [-0.1, -0.05) is 37.3 Å². The van der Waals surface area contributed by atoms with E-state index in [9.17, 15) is 0 Å². The summed E-state index contributed by atoms with van der Waals surface area (Å²) in [6.45, 7) is 2.89. The van der Waals surface area contributed by atoms with Crippen molar-refractivity contribution in [1.29, 1.82) is 0 Å². The highest BCUT2D eigenvalue weighted by Crippen LogP contribution is 2.41. The average molecular weight is 307 g/mol. The van der Waals surface area contributed by atoms with Gasteiger partial charge in [-0.05, 0) is 30.7 Å². The third-order valence-corrected chi connectivity index (χ3v) is 4.23. The molecule has 0 aliphatic heterocycles. The molecule has 118 valence electrons. The molecule has 0 spiro atoms. The number of rotatable bonds is 6. The van der Waals surface area contributed by atoms with Crippen LogP contribution < -0.4 is 5.32 Å². The van der Waals surface area contributed by atoms with Gasteiger partial charge < -0.3 is 5.32 Å². The molecule has 3 aromatic rings. The highest BCUT2D eigenvalue weighted by atomic mass is 15.3. The summed E-state index contributed by atoms with van der Waals surface area (Å²) in [5.74, 6) is 2.33. The summed E-state index contributed by atoms with van der Waals surface area (Å²) >= 11 is 0. The maximum atomic E-state index is 4.75. The molecule has 1 aliphatic carbocycles. The van der Waals surface area contributed by atoms with E-state index in [2.05, 4.69) is 34.5 Å². The van der Waals surface area contributed by atoms with E-state index in [0.29, 0.717) is 5.92 Å². The van der Waals surface area contributed by atoms with Gasteiger partial charge in [0.05, 0.1) is 6.20 Å². The zero-order valence-electron chi connectivity index (χ0n) is 13.4. The molecule has 1 aliphatic rings. The van der Waals surface area contributed by atoms with Crippen molar-refractivity contribution in [2.24, 2.45) is 0 Å². The Labute approximate surface area is 135 Å². The second kappa shape index (κ2) is 5.99. The summed E-state index contributed by atoms with van der Waals surface area (Å²) in [5, 5.41) is 7.95. The Hall–Kier alpha value is -2.43. The summed E-state index contributed by atoms with van der Waals surface area (Å²) in [7, 11) is 0. The third kappa shape index (κ3) is 2.91. The van der Waals surface area contributed by atoms with Crippen LogP contribution in [0.4, 0.5) is 5.95 Å². The summed E-state index contributed by atoms with van der Waals surface area (Å²) in [6.07, 6.45) is 6.40. The van der Waals surface area contributed by atoms with Gasteiger partial charge in [-0.2, -0.15) is 14.6 Å². The number of aromatic nitrogens is 4. The van der Waals surface area contributed by atoms with Gasteiger partial charge in [0.25, 0.3) is 0 Å². The van der Waals surface area contributed by atoms with Gasteiger partial charge in [0.15, 0.2) is 5.65 Å². The number of nitrogens with one attached hydrogen (secondary N) is 1. The molecule has 2 heterocycles. The average Bonchev–Trinajstić information content (AvgIpc) is 3.33. The monoisotopic (exact) mass is 307 g/mol. The quantitative estimate of drug-likeness (QED) is 0.756. The van der Waals surface area contributed by atoms with Gasteiger partial charge >= 0.3 is 0 Å². The first-order valence-corrected chi connectivity index (χ1v) is 8.37. The maximum Gasteiger partial charge on any atom is 0.227 e. The molecule has 23 heavy (non-hydrogen) atoms. The van der Waals surface area contributed by atoms with Gasteiger partial charge in [-0.3, -0.25) is 0 Å². The molecule has 1 saturated carbocycles. The minimum Gasteiger partial charge on any atom is -0.350 e. The number of benzene rings is 1. The second-order valence-corrected chi connectivity index (χ2v) is 6.16. The predicted molar refractivity (Wildman–Crippen MR) is 90.5 cm³/mol. The van der Waals surface area contributed by atoms with Crippen LogP contribution in [0.2, 0.25) is 0 Å². The molecule has 0 unspecified atom stereocenters. The molecule has 0 bridgehead atoms. The Kier molecular flexibility index (Phi) is 3.69. The topological polar surface area (TPSA) is 55.1 Å². The Bertz CT molecular complexity index is 805. The van der Waals surface area contributed by atoms with Gasteiger partial charge in [-0.25, -0.2) is 4.98 Å². The Balaban J connectivity index is 1.68. The molecule has 4 rings (SSSR count). The van der Waals surface area contributed by atoms with Gasteiger partial charge in [0, 0.05) is 18.5 Å². The highest BCUT2D eigenvalue weighted by molar-refractivity contribution is 5.53. The Morgan fingerprint density at radius 1 is 1.17 bits per heavy atom. The SMILES string of the molecule is CCCc1nc(NCc2ccccc2)n2ncc(C3CC3)c2n1. The van der Waals surface area contributed by atoms with E-state index >= 15 is 0 Å². The van der Waals surface area contributed by atoms with Crippen LogP contribution >= 0.6 is 0 Å². The first-order chi connectivity index (χ1) is 11.3. The number of hydrogen-bond acceptors (Lipinski definition) is 4. The van der Waals surface area contributed by atoms with Crippen LogP contribution in [0.25, 0.3) is 5.65 Å². The number of anilines is 1. The summed E-state index contributed by atoms with van der Waals surface area (Å²) in [4.78, 5) is 9.43. The molecule has 0 saturated heterocycles. The van der Waals surface area contributed by atoms with E-state index in [-0.39, 0.29) is 0 Å². The molecular weight excluding hydrogens is 286 g/mol. The van der Waals surface area contributed by atoms with Crippen LogP contribution in [0, 0.1) is 0 Å². The highest BCUT2D eigenvalue weighted by Gasteiger charge is 2.28. The standard InChI is InChI=1S/C18H21N5/c1-2-6-16-21-17-15(14-9-10-14)12-20-23(17)18(22-16)19-11-13-7-4-3-5-8-13/h3-5,7-8,12,14H,2,6,9-11H2,1H3,(H,19,21,22). The first-order valence-electron chi connectivity index (χ1n) is 8.37. The van der Waals surface area contributed by atoms with Crippen molar-refractivity contribution >= 4 is 11.6 Å². The van der Waals surface area contributed by atoms with Crippen LogP contribution in [0.1, 0.15) is 49.1 Å². The molecular formula is C18H21N5. The van der Waals surface area contributed by atoms with Crippen molar-refractivity contribution in [1.82, 2.24) is 19.6 Å². The van der Waals surface area contributed by atoms with Crippen LogP contribution in [0.15, 0.2) is 36.5 Å². The molecule has 1 fully saturated rings. The van der Waals surface area contributed by atoms with Crippen LogP contribution in [0.3, 0.4) is 0 Å². The third-order valence-electron chi connectivity index (χ3n) is 4.23. The smallest absolute Gasteiger partial charge is 0.227 e. The lowest BCUT2D eigenvalue weighted by Crippen LogP contribution is -2.11. The van der Waals surface area contributed by atoms with Gasteiger partial charge in [0.2, 0.25) is 5.95 Å². The van der Waals surface area contributed by atoms with Crippen LogP contribution in [0.5, 0.6) is 0 Å². The zero-order valence-corrected chi connectivity index (χ0v) is 13.4. The lowest BCUT2D eigenvalue weighted by Gasteiger charge is -2.09. The molecule has 5 heteroatoms. The normalized spacial score (nSPS) is 14.3. The van der Waals surface area contributed by atoms with Crippen molar-refractivity contribution in [3.05, 3.63) is 53.5 Å². The van der Waals surface area contributed by atoms with E-state index in [1.165, 1.54) is 24.0 Å². The lowest BCUT2D eigenvalue weighted by molar-refractivity contribution is 0.794. The number of nitrogens with zero attached hydrogens (tertiary/aromatic N) is 4. The first kappa shape index (κ1) is 14.2. The summed E-state index contributed by atoms with van der Waals surface area (Å²) in [5.41, 5.74) is 3.47. The molecule has 5 nitrogen and oxygen atoms in total. The molecule has 0 atom stereocenters. The number of fused-ring (bicyclic) bond motifs is 1. The van der Waals surface area contributed by atoms with E-state index < -0.39 is 0 Å². The second-order valence-electron chi connectivity index (χ2n) is 6.16. The van der Waals surface area contributed by atoms with Crippen molar-refractivity contribution in [3.63, 3.8) is 0 Å². The number of hydrogen-bond donors (Lipinski definition) is 1. The molecule has 1 N–H and O–H groups in total. The van der Waals surface area contributed by atoms with Crippen molar-refractivity contribution in [2.75, 3.05) is 5.32 Å². The van der Waals surface area contributed by atoms with Crippen LogP contribution in [-0.4, -0.2) is 19.6 Å². The minimum atomic E-state index is 0.638. The van der Waals surface area contributed by atoms with Crippen molar-refractivity contribution in [2.45, 2.75) is 45.1 Å². The fourth-order valence-corrected chi connectivity index (χ4v) is 2.85. The minimum absolute atomic E-state index is 0.638. The van der Waals surface area contributed by atoms with E-state index in [1.807, 2.05) is 28.9 Å². The summed E-state index contributed by atoms with van der Waals surface area (Å²) in [6, 6.07) is 10.3. The Morgan fingerprint density at radius 3 is 2.74 bits per heavy atom. The summed E-state index contributed by atoms with van der Waals surface area (Å²) < 4.78 is 1.86. The van der Waals surface area contributed by atoms with Crippen molar-refractivity contribution in [3.8, 4) is 0 Å². The maximum absolute atomic E-state index is 4.75. The zero-order chi connectivity index (χ0) is 15.6. The Morgan fingerprint density at radius 2 is 2.00 bits per heavy atom. The van der Waals surface area contributed by atoms with Crippen LogP contribution in [-0.2, 0) is 13.0 Å². The predicted octanol–water partition coefficient (Wildman–Crippen LogP) is 3.57. The molecule has 1 aromatic carbocycles. The van der Waals surface area contributed by atoms with Crippen molar-refractivity contribution < 1.29 is 0 Å². The molecule has 0 amide bonds. The lowest BCUT2D eigenvalue weighted by atomic mass is 10.2. The van der Waals surface area contributed by atoms with E-state index in [1.54, 1.807) is 0 Å². The largest absolute Gasteiger partial charge is 0.350 e. The molecule has 0 radical (unpaired) electrons. The number of aryl methyl sites for hydroxylation is 1.